The number of nitrogens with two attached hydrogens (primary N) is 1. The van der Waals surface area contributed by atoms with Crippen LogP contribution in [0.5, 0.6) is 0 Å². The van der Waals surface area contributed by atoms with E-state index in [9.17, 15) is 4.79 Å². The summed E-state index contributed by atoms with van der Waals surface area (Å²) in [6.45, 7) is 1.42. The van der Waals surface area contributed by atoms with Gasteiger partial charge in [-0.05, 0) is 6.92 Å². The third kappa shape index (κ3) is 7.54. The van der Waals surface area contributed by atoms with Gasteiger partial charge in [-0.2, -0.15) is 0 Å². The molecule has 1 aliphatic rings. The summed E-state index contributed by atoms with van der Waals surface area (Å²) in [5.41, 5.74) is 4.84. The molecule has 0 aromatic rings. The average molecular weight is 173 g/mol. The number of hydrogen-bond donors (Lipinski definition) is 2. The highest BCUT2D eigenvalue weighted by molar-refractivity contribution is 5.72. The smallest absolute Gasteiger partial charge is 0.320 e. The molecule has 1 fully saturated rings. The topological polar surface area (TPSA) is 63.3 Å². The van der Waals surface area contributed by atoms with Gasteiger partial charge in [0.25, 0.3) is 0 Å². The normalized spacial score (nSPS) is 18.8. The van der Waals surface area contributed by atoms with Gasteiger partial charge in [0.2, 0.25) is 0 Å². The fraction of sp³-hybridized carbons (Fsp3) is 0.889. The summed E-state index contributed by atoms with van der Waals surface area (Å²) < 4.78 is 0. The van der Waals surface area contributed by atoms with Crippen LogP contribution in [0.1, 0.15) is 45.4 Å². The number of aliphatic carboxylic acids is 1. The number of carboxylic acid groups (broad SMARTS) is 1. The number of carboxylic acids is 1. The molecule has 0 bridgehead atoms. The van der Waals surface area contributed by atoms with Crippen LogP contribution >= 0.6 is 0 Å². The Kier molecular flexibility index (Phi) is 6.76. The summed E-state index contributed by atoms with van der Waals surface area (Å²) in [6, 6.07) is -0.731. The van der Waals surface area contributed by atoms with Crippen molar-refractivity contribution in [3.05, 3.63) is 0 Å². The molecule has 3 N–H and O–H groups in total. The highest BCUT2D eigenvalue weighted by atomic mass is 16.4. The van der Waals surface area contributed by atoms with E-state index in [-0.39, 0.29) is 0 Å². The molecule has 1 saturated carbocycles. The van der Waals surface area contributed by atoms with Crippen molar-refractivity contribution in [2.24, 2.45) is 5.73 Å². The van der Waals surface area contributed by atoms with Crippen molar-refractivity contribution in [1.82, 2.24) is 0 Å². The molecule has 72 valence electrons. The predicted molar refractivity (Wildman–Crippen MR) is 49.0 cm³/mol. The van der Waals surface area contributed by atoms with Crippen molar-refractivity contribution < 1.29 is 9.90 Å². The lowest BCUT2D eigenvalue weighted by Crippen LogP contribution is -2.25. The van der Waals surface area contributed by atoms with E-state index >= 15 is 0 Å². The number of hydrogen-bond acceptors (Lipinski definition) is 2. The second-order valence-electron chi connectivity index (χ2n) is 3.25. The maximum atomic E-state index is 9.57. The van der Waals surface area contributed by atoms with E-state index in [0.29, 0.717) is 0 Å². The Labute approximate surface area is 74.0 Å². The summed E-state index contributed by atoms with van der Waals surface area (Å²) in [5, 5.41) is 7.87. The van der Waals surface area contributed by atoms with E-state index in [1.807, 2.05) is 0 Å². The van der Waals surface area contributed by atoms with Crippen LogP contribution in [0, 0.1) is 0 Å². The Balaban J connectivity index is 0.000000202. The maximum Gasteiger partial charge on any atom is 0.320 e. The Hall–Kier alpha value is -0.570. The van der Waals surface area contributed by atoms with Crippen LogP contribution in [0.2, 0.25) is 0 Å². The third-order valence-electron chi connectivity index (χ3n) is 1.89. The lowest BCUT2D eigenvalue weighted by molar-refractivity contribution is -0.138. The van der Waals surface area contributed by atoms with Crippen LogP contribution in [-0.2, 0) is 4.79 Å². The first-order valence-electron chi connectivity index (χ1n) is 4.63. The summed E-state index contributed by atoms with van der Waals surface area (Å²) in [5.74, 6) is -0.963. The summed E-state index contributed by atoms with van der Waals surface area (Å²) in [6.07, 6.45) is 9.00. The average Bonchev–Trinajstić information content (AvgIpc) is 2.08. The van der Waals surface area contributed by atoms with Gasteiger partial charge in [0.05, 0.1) is 0 Å². The minimum atomic E-state index is -0.963. The molecule has 3 heteroatoms. The molecule has 0 aliphatic heterocycles. The molecular formula is C9H19NO2. The highest BCUT2D eigenvalue weighted by Crippen LogP contribution is 2.15. The van der Waals surface area contributed by atoms with Crippen LogP contribution in [0.3, 0.4) is 0 Å². The van der Waals surface area contributed by atoms with Crippen LogP contribution in [0.25, 0.3) is 0 Å². The van der Waals surface area contributed by atoms with E-state index in [4.69, 9.17) is 10.8 Å². The second kappa shape index (κ2) is 7.10. The van der Waals surface area contributed by atoms with Gasteiger partial charge < -0.3 is 10.8 Å². The fourth-order valence-corrected chi connectivity index (χ4v) is 1.06. The molecule has 0 saturated heterocycles. The van der Waals surface area contributed by atoms with Gasteiger partial charge in [0.1, 0.15) is 6.04 Å². The zero-order chi connectivity index (χ0) is 9.40. The molecule has 0 aromatic carbocycles. The van der Waals surface area contributed by atoms with Gasteiger partial charge in [0.15, 0.2) is 0 Å². The first-order valence-corrected chi connectivity index (χ1v) is 4.63. The Bertz CT molecular complexity index is 108. The first kappa shape index (κ1) is 11.4. The van der Waals surface area contributed by atoms with Gasteiger partial charge in [0, 0.05) is 0 Å². The molecule has 1 atom stereocenters. The van der Waals surface area contributed by atoms with E-state index in [0.717, 1.165) is 0 Å². The molecular weight excluding hydrogens is 154 g/mol. The Morgan fingerprint density at radius 3 is 1.42 bits per heavy atom. The first-order chi connectivity index (χ1) is 5.64. The minimum absolute atomic E-state index is 0.731. The second-order valence-corrected chi connectivity index (χ2v) is 3.25. The van der Waals surface area contributed by atoms with Crippen molar-refractivity contribution >= 4 is 5.97 Å². The SMILES string of the molecule is C1CCCCC1.CC(N)C(=O)O. The van der Waals surface area contributed by atoms with Crippen molar-refractivity contribution in [1.29, 1.82) is 0 Å². The lowest BCUT2D eigenvalue weighted by atomic mass is 10.0. The van der Waals surface area contributed by atoms with E-state index in [1.54, 1.807) is 0 Å². The molecule has 12 heavy (non-hydrogen) atoms. The van der Waals surface area contributed by atoms with Crippen LogP contribution in [0.4, 0.5) is 0 Å². The van der Waals surface area contributed by atoms with E-state index < -0.39 is 12.0 Å². The van der Waals surface area contributed by atoms with Crippen molar-refractivity contribution in [3.63, 3.8) is 0 Å². The zero-order valence-electron chi connectivity index (χ0n) is 7.75. The monoisotopic (exact) mass is 173 g/mol. The number of rotatable bonds is 1. The largest absolute Gasteiger partial charge is 0.480 e. The maximum absolute atomic E-state index is 9.57. The van der Waals surface area contributed by atoms with Crippen molar-refractivity contribution in [2.45, 2.75) is 51.5 Å². The number of carbonyl (C=O) groups is 1. The molecule has 0 aromatic heterocycles. The molecule has 0 heterocycles. The Morgan fingerprint density at radius 1 is 1.17 bits per heavy atom. The zero-order valence-corrected chi connectivity index (χ0v) is 7.75. The predicted octanol–water partition coefficient (Wildman–Crippen LogP) is 1.76. The summed E-state index contributed by atoms with van der Waals surface area (Å²) in [4.78, 5) is 9.57. The molecule has 1 rings (SSSR count). The van der Waals surface area contributed by atoms with Gasteiger partial charge in [-0.1, -0.05) is 38.5 Å². The van der Waals surface area contributed by atoms with E-state index in [2.05, 4.69) is 0 Å². The van der Waals surface area contributed by atoms with Crippen LogP contribution in [-0.4, -0.2) is 17.1 Å². The van der Waals surface area contributed by atoms with Gasteiger partial charge in [-0.15, -0.1) is 0 Å². The third-order valence-corrected chi connectivity index (χ3v) is 1.89. The fourth-order valence-electron chi connectivity index (χ4n) is 1.06. The standard InChI is InChI=1S/C6H12.C3H7NO2/c1-2-4-6-5-3-1;1-2(4)3(5)6/h1-6H2;2H,4H2,1H3,(H,5,6). The lowest BCUT2D eigenvalue weighted by Gasteiger charge is -2.05. The van der Waals surface area contributed by atoms with Crippen LogP contribution in [0.15, 0.2) is 0 Å². The summed E-state index contributed by atoms with van der Waals surface area (Å²) >= 11 is 0. The molecule has 0 spiro atoms. The summed E-state index contributed by atoms with van der Waals surface area (Å²) in [7, 11) is 0. The molecule has 0 radical (unpaired) electrons. The van der Waals surface area contributed by atoms with E-state index in [1.165, 1.54) is 45.4 Å². The van der Waals surface area contributed by atoms with Crippen molar-refractivity contribution in [2.75, 3.05) is 0 Å². The minimum Gasteiger partial charge on any atom is -0.480 e. The molecule has 1 aliphatic carbocycles. The van der Waals surface area contributed by atoms with Gasteiger partial charge in [-0.3, -0.25) is 4.79 Å². The highest BCUT2D eigenvalue weighted by Gasteiger charge is 1.99. The quantitative estimate of drug-likeness (QED) is 0.635. The van der Waals surface area contributed by atoms with Gasteiger partial charge in [-0.25, -0.2) is 0 Å². The van der Waals surface area contributed by atoms with Crippen LogP contribution < -0.4 is 5.73 Å². The van der Waals surface area contributed by atoms with Gasteiger partial charge >= 0.3 is 5.97 Å². The molecule has 0 amide bonds. The molecule has 3 nitrogen and oxygen atoms in total. The van der Waals surface area contributed by atoms with Crippen molar-refractivity contribution in [3.8, 4) is 0 Å². The Morgan fingerprint density at radius 2 is 1.33 bits per heavy atom. The molecule has 1 unspecified atom stereocenters.